The number of nitrogens with one attached hydrogen (secondary N) is 1. The third-order valence-corrected chi connectivity index (χ3v) is 5.21. The van der Waals surface area contributed by atoms with Crippen LogP contribution in [0.4, 0.5) is 0 Å². The molecule has 2 aliphatic heterocycles. The van der Waals surface area contributed by atoms with Crippen molar-refractivity contribution in [1.29, 1.82) is 0 Å². The van der Waals surface area contributed by atoms with Crippen LogP contribution in [0.3, 0.4) is 0 Å². The van der Waals surface area contributed by atoms with Crippen molar-refractivity contribution in [2.24, 2.45) is 11.8 Å². The third kappa shape index (κ3) is 2.59. The number of ether oxygens (including phenoxy) is 1. The first-order valence-electron chi connectivity index (χ1n) is 7.93. The maximum atomic E-state index is 5.75. The molecule has 2 heterocycles. The zero-order valence-electron chi connectivity index (χ0n) is 11.7. The Morgan fingerprint density at radius 1 is 1.17 bits per heavy atom. The Bertz CT molecular complexity index is 259. The van der Waals surface area contributed by atoms with Crippen molar-refractivity contribution in [2.45, 2.75) is 51.1 Å². The van der Waals surface area contributed by atoms with E-state index < -0.39 is 0 Å². The van der Waals surface area contributed by atoms with Gasteiger partial charge in [0.15, 0.2) is 0 Å². The minimum absolute atomic E-state index is 0.635. The maximum absolute atomic E-state index is 5.75. The molecule has 0 aromatic heterocycles. The van der Waals surface area contributed by atoms with Gasteiger partial charge in [0, 0.05) is 31.8 Å². The van der Waals surface area contributed by atoms with E-state index in [1.165, 1.54) is 45.2 Å². The molecule has 3 rings (SSSR count). The van der Waals surface area contributed by atoms with Gasteiger partial charge >= 0.3 is 0 Å². The van der Waals surface area contributed by atoms with Crippen molar-refractivity contribution in [3.63, 3.8) is 0 Å². The standard InChI is InChI=1S/C15H28N2O/c1-2-7-16-14-6-8-18-11-15(14)17-9-12-4-3-5-13(12)10-17/h12-16H,2-11H2,1H3. The Kier molecular flexibility index (Phi) is 4.22. The van der Waals surface area contributed by atoms with E-state index in [4.69, 9.17) is 4.74 Å². The first-order chi connectivity index (χ1) is 8.88. The highest BCUT2D eigenvalue weighted by Crippen LogP contribution is 2.39. The van der Waals surface area contributed by atoms with Gasteiger partial charge in [0.05, 0.1) is 6.61 Å². The van der Waals surface area contributed by atoms with Gasteiger partial charge in [-0.15, -0.1) is 0 Å². The molecule has 3 heteroatoms. The van der Waals surface area contributed by atoms with E-state index >= 15 is 0 Å². The lowest BCUT2D eigenvalue weighted by atomic mass is 10.0. The lowest BCUT2D eigenvalue weighted by molar-refractivity contribution is 0.00259. The molecule has 0 spiro atoms. The van der Waals surface area contributed by atoms with Gasteiger partial charge in [-0.05, 0) is 44.1 Å². The van der Waals surface area contributed by atoms with Gasteiger partial charge in [-0.3, -0.25) is 4.90 Å². The summed E-state index contributed by atoms with van der Waals surface area (Å²) in [5.41, 5.74) is 0. The number of nitrogens with zero attached hydrogens (tertiary/aromatic N) is 1. The largest absolute Gasteiger partial charge is 0.380 e. The first-order valence-corrected chi connectivity index (χ1v) is 7.93. The molecule has 0 bridgehead atoms. The SMILES string of the molecule is CCCNC1CCOCC1N1CC2CCCC2C1. The van der Waals surface area contributed by atoms with Crippen molar-refractivity contribution in [1.82, 2.24) is 10.2 Å². The average Bonchev–Trinajstić information content (AvgIpc) is 2.97. The van der Waals surface area contributed by atoms with Gasteiger partial charge in [-0.25, -0.2) is 0 Å². The van der Waals surface area contributed by atoms with Crippen LogP contribution in [0.25, 0.3) is 0 Å². The van der Waals surface area contributed by atoms with Crippen LogP contribution >= 0.6 is 0 Å². The molecule has 3 nitrogen and oxygen atoms in total. The predicted octanol–water partition coefficient (Wildman–Crippen LogP) is 1.88. The smallest absolute Gasteiger partial charge is 0.0637 e. The summed E-state index contributed by atoms with van der Waals surface area (Å²) in [5, 5.41) is 3.74. The Morgan fingerprint density at radius 3 is 2.67 bits per heavy atom. The van der Waals surface area contributed by atoms with E-state index in [2.05, 4.69) is 17.1 Å². The molecule has 1 saturated carbocycles. The number of likely N-dealkylation sites (tertiary alicyclic amines) is 1. The lowest BCUT2D eigenvalue weighted by Gasteiger charge is -2.38. The molecule has 18 heavy (non-hydrogen) atoms. The van der Waals surface area contributed by atoms with Crippen molar-refractivity contribution in [2.75, 3.05) is 32.8 Å². The van der Waals surface area contributed by atoms with Crippen molar-refractivity contribution >= 4 is 0 Å². The van der Waals surface area contributed by atoms with Gasteiger partial charge in [0.1, 0.15) is 0 Å². The summed E-state index contributed by atoms with van der Waals surface area (Å²) in [6.07, 6.45) is 6.84. The third-order valence-electron chi connectivity index (χ3n) is 5.21. The van der Waals surface area contributed by atoms with E-state index in [-0.39, 0.29) is 0 Å². The molecule has 1 N–H and O–H groups in total. The van der Waals surface area contributed by atoms with Crippen LogP contribution in [0.15, 0.2) is 0 Å². The Balaban J connectivity index is 1.58. The summed E-state index contributed by atoms with van der Waals surface area (Å²) in [7, 11) is 0. The molecule has 0 amide bonds. The lowest BCUT2D eigenvalue weighted by Crippen LogP contribution is -2.55. The van der Waals surface area contributed by atoms with Crippen molar-refractivity contribution < 1.29 is 4.74 Å². The highest BCUT2D eigenvalue weighted by molar-refractivity contribution is 4.95. The summed E-state index contributed by atoms with van der Waals surface area (Å²) in [5.74, 6) is 2.00. The van der Waals surface area contributed by atoms with Gasteiger partial charge < -0.3 is 10.1 Å². The Morgan fingerprint density at radius 2 is 1.94 bits per heavy atom. The number of hydrogen-bond acceptors (Lipinski definition) is 3. The second-order valence-corrected chi connectivity index (χ2v) is 6.40. The Labute approximate surface area is 111 Å². The van der Waals surface area contributed by atoms with Crippen LogP contribution in [-0.4, -0.2) is 49.8 Å². The summed E-state index contributed by atoms with van der Waals surface area (Å²) in [4.78, 5) is 2.74. The minimum Gasteiger partial charge on any atom is -0.380 e. The summed E-state index contributed by atoms with van der Waals surface area (Å²) >= 11 is 0. The van der Waals surface area contributed by atoms with E-state index in [0.29, 0.717) is 12.1 Å². The van der Waals surface area contributed by atoms with Crippen LogP contribution in [-0.2, 0) is 4.74 Å². The normalized spacial score (nSPS) is 41.2. The van der Waals surface area contributed by atoms with E-state index in [1.807, 2.05) is 0 Å². The molecule has 0 radical (unpaired) electrons. The molecule has 4 unspecified atom stereocenters. The maximum Gasteiger partial charge on any atom is 0.0637 e. The van der Waals surface area contributed by atoms with E-state index in [1.54, 1.807) is 0 Å². The van der Waals surface area contributed by atoms with Gasteiger partial charge in [0.2, 0.25) is 0 Å². The quantitative estimate of drug-likeness (QED) is 0.827. The van der Waals surface area contributed by atoms with Gasteiger partial charge in [0.25, 0.3) is 0 Å². The van der Waals surface area contributed by atoms with Crippen LogP contribution in [0.2, 0.25) is 0 Å². The molecule has 3 aliphatic rings. The molecule has 4 atom stereocenters. The topological polar surface area (TPSA) is 24.5 Å². The number of fused-ring (bicyclic) bond motifs is 1. The fourth-order valence-electron chi connectivity index (χ4n) is 4.19. The first kappa shape index (κ1) is 12.9. The summed E-state index contributed by atoms with van der Waals surface area (Å²) < 4.78 is 5.75. The van der Waals surface area contributed by atoms with Crippen LogP contribution in [0.5, 0.6) is 0 Å². The fourth-order valence-corrected chi connectivity index (χ4v) is 4.19. The monoisotopic (exact) mass is 252 g/mol. The molecule has 3 fully saturated rings. The van der Waals surface area contributed by atoms with E-state index in [0.717, 1.165) is 31.6 Å². The molecule has 1 aliphatic carbocycles. The second-order valence-electron chi connectivity index (χ2n) is 6.40. The average molecular weight is 252 g/mol. The van der Waals surface area contributed by atoms with Crippen LogP contribution < -0.4 is 5.32 Å². The van der Waals surface area contributed by atoms with Crippen molar-refractivity contribution in [3.8, 4) is 0 Å². The van der Waals surface area contributed by atoms with Crippen LogP contribution in [0.1, 0.15) is 39.0 Å². The molecule has 104 valence electrons. The predicted molar refractivity (Wildman–Crippen MR) is 73.7 cm³/mol. The zero-order chi connectivity index (χ0) is 12.4. The highest BCUT2D eigenvalue weighted by Gasteiger charge is 2.41. The number of hydrogen-bond donors (Lipinski definition) is 1. The molecule has 0 aromatic carbocycles. The number of rotatable bonds is 4. The van der Waals surface area contributed by atoms with Gasteiger partial charge in [-0.1, -0.05) is 13.3 Å². The van der Waals surface area contributed by atoms with Crippen LogP contribution in [0, 0.1) is 11.8 Å². The molecular formula is C15H28N2O. The van der Waals surface area contributed by atoms with E-state index in [9.17, 15) is 0 Å². The molecular weight excluding hydrogens is 224 g/mol. The minimum atomic E-state index is 0.635. The second kappa shape index (κ2) is 5.89. The van der Waals surface area contributed by atoms with Gasteiger partial charge in [-0.2, -0.15) is 0 Å². The molecule has 2 saturated heterocycles. The highest BCUT2D eigenvalue weighted by atomic mass is 16.5. The molecule has 0 aromatic rings. The summed E-state index contributed by atoms with van der Waals surface area (Å²) in [6.45, 7) is 7.97. The summed E-state index contributed by atoms with van der Waals surface area (Å²) in [6, 6.07) is 1.30. The fraction of sp³-hybridized carbons (Fsp3) is 1.00. The Hall–Kier alpha value is -0.120. The zero-order valence-corrected chi connectivity index (χ0v) is 11.7. The van der Waals surface area contributed by atoms with Crippen molar-refractivity contribution in [3.05, 3.63) is 0 Å².